The molecule has 2 amide bonds. The topological polar surface area (TPSA) is 84.9 Å². The van der Waals surface area contributed by atoms with Crippen molar-refractivity contribution >= 4 is 23.5 Å². The predicted octanol–water partition coefficient (Wildman–Crippen LogP) is 2.75. The zero-order valence-corrected chi connectivity index (χ0v) is 16.5. The third kappa shape index (κ3) is 4.82. The van der Waals surface area contributed by atoms with Gasteiger partial charge in [-0.15, -0.1) is 0 Å². The third-order valence-corrected chi connectivity index (χ3v) is 5.35. The zero-order chi connectivity index (χ0) is 20.1. The molecule has 1 saturated carbocycles. The van der Waals surface area contributed by atoms with Crippen molar-refractivity contribution in [3.05, 3.63) is 24.3 Å². The highest BCUT2D eigenvalue weighted by atomic mass is 16.5. The van der Waals surface area contributed by atoms with Gasteiger partial charge < -0.3 is 19.7 Å². The van der Waals surface area contributed by atoms with Crippen LogP contribution < -0.4 is 10.1 Å². The number of anilines is 1. The highest BCUT2D eigenvalue weighted by Crippen LogP contribution is 2.30. The van der Waals surface area contributed by atoms with E-state index in [0.717, 1.165) is 31.4 Å². The predicted molar refractivity (Wildman–Crippen MR) is 104 cm³/mol. The molecule has 7 nitrogen and oxygen atoms in total. The average Bonchev–Trinajstić information content (AvgIpc) is 3.33. The van der Waals surface area contributed by atoms with Crippen molar-refractivity contribution in [3.8, 4) is 5.75 Å². The summed E-state index contributed by atoms with van der Waals surface area (Å²) in [4.78, 5) is 38.8. The van der Waals surface area contributed by atoms with Crippen LogP contribution in [0.5, 0.6) is 5.75 Å². The summed E-state index contributed by atoms with van der Waals surface area (Å²) in [6.07, 6.45) is 3.51. The molecule has 2 atom stereocenters. The van der Waals surface area contributed by atoms with Crippen LogP contribution in [0.4, 0.5) is 5.69 Å². The normalized spacial score (nSPS) is 20.9. The van der Waals surface area contributed by atoms with Gasteiger partial charge in [0.15, 0.2) is 6.10 Å². The SMILES string of the molecule is CCOc1ccc(NC(=O)[C@@H](C)OC(=O)[C@H]2CC(=O)N(C3CCCC3)C2)cc1. The summed E-state index contributed by atoms with van der Waals surface area (Å²) in [5, 5.41) is 2.72. The first-order chi connectivity index (χ1) is 13.5. The van der Waals surface area contributed by atoms with Crippen LogP contribution in [0.15, 0.2) is 24.3 Å². The lowest BCUT2D eigenvalue weighted by Crippen LogP contribution is -2.36. The van der Waals surface area contributed by atoms with Gasteiger partial charge in [0.25, 0.3) is 5.91 Å². The minimum absolute atomic E-state index is 0.0142. The van der Waals surface area contributed by atoms with Gasteiger partial charge in [0.05, 0.1) is 12.5 Å². The number of ether oxygens (including phenoxy) is 2. The van der Waals surface area contributed by atoms with Gasteiger partial charge in [-0.1, -0.05) is 12.8 Å². The maximum Gasteiger partial charge on any atom is 0.312 e. The lowest BCUT2D eigenvalue weighted by molar-refractivity contribution is -0.157. The quantitative estimate of drug-likeness (QED) is 0.726. The van der Waals surface area contributed by atoms with Crippen LogP contribution in [0.25, 0.3) is 0 Å². The molecule has 0 aromatic heterocycles. The fourth-order valence-corrected chi connectivity index (χ4v) is 3.83. The highest BCUT2D eigenvalue weighted by molar-refractivity contribution is 5.95. The number of nitrogens with one attached hydrogen (secondary N) is 1. The number of carbonyl (C=O) groups excluding carboxylic acids is 3. The number of likely N-dealkylation sites (tertiary alicyclic amines) is 1. The molecule has 0 unspecified atom stereocenters. The van der Waals surface area contributed by atoms with Crippen molar-refractivity contribution in [1.82, 2.24) is 4.90 Å². The van der Waals surface area contributed by atoms with Crippen LogP contribution in [-0.4, -0.2) is 48.0 Å². The molecule has 0 spiro atoms. The van der Waals surface area contributed by atoms with Crippen LogP contribution in [-0.2, 0) is 19.1 Å². The van der Waals surface area contributed by atoms with Crippen LogP contribution in [0.2, 0.25) is 0 Å². The molecule has 28 heavy (non-hydrogen) atoms. The second-order valence-electron chi connectivity index (χ2n) is 7.41. The lowest BCUT2D eigenvalue weighted by atomic mass is 10.1. The van der Waals surface area contributed by atoms with Gasteiger partial charge in [-0.25, -0.2) is 0 Å². The second-order valence-corrected chi connectivity index (χ2v) is 7.41. The maximum absolute atomic E-state index is 12.4. The fourth-order valence-electron chi connectivity index (χ4n) is 3.83. The van der Waals surface area contributed by atoms with Gasteiger partial charge in [0.1, 0.15) is 5.75 Å². The van der Waals surface area contributed by atoms with E-state index in [1.165, 1.54) is 6.92 Å². The van der Waals surface area contributed by atoms with Gasteiger partial charge in [-0.05, 0) is 51.0 Å². The number of nitrogens with zero attached hydrogens (tertiary/aromatic N) is 1. The van der Waals surface area contributed by atoms with E-state index in [1.54, 1.807) is 24.3 Å². The molecular weight excluding hydrogens is 360 g/mol. The van der Waals surface area contributed by atoms with Gasteiger partial charge in [0, 0.05) is 24.7 Å². The number of benzene rings is 1. The van der Waals surface area contributed by atoms with Gasteiger partial charge in [0.2, 0.25) is 5.91 Å². The Balaban J connectivity index is 1.49. The number of hydrogen-bond acceptors (Lipinski definition) is 5. The first kappa shape index (κ1) is 20.2. The van der Waals surface area contributed by atoms with Crippen molar-refractivity contribution in [2.24, 2.45) is 5.92 Å². The van der Waals surface area contributed by atoms with Crippen molar-refractivity contribution in [1.29, 1.82) is 0 Å². The number of amides is 2. The van der Waals surface area contributed by atoms with Crippen LogP contribution in [0.3, 0.4) is 0 Å². The van der Waals surface area contributed by atoms with E-state index in [2.05, 4.69) is 5.32 Å². The molecule has 1 aromatic rings. The summed E-state index contributed by atoms with van der Waals surface area (Å²) < 4.78 is 10.7. The maximum atomic E-state index is 12.4. The number of esters is 1. The molecule has 0 bridgehead atoms. The van der Waals surface area contributed by atoms with Crippen LogP contribution in [0.1, 0.15) is 46.0 Å². The molecule has 1 aliphatic heterocycles. The minimum Gasteiger partial charge on any atom is -0.494 e. The Kier molecular flexibility index (Phi) is 6.54. The molecule has 0 radical (unpaired) electrons. The standard InChI is InChI=1S/C21H28N2O5/c1-3-27-18-10-8-16(9-11-18)22-20(25)14(2)28-21(26)15-12-19(24)23(13-15)17-6-4-5-7-17/h8-11,14-15,17H,3-7,12-13H2,1-2H3,(H,22,25)/t14-,15+/m1/s1. The molecule has 1 heterocycles. The Hall–Kier alpha value is -2.57. The van der Waals surface area contributed by atoms with E-state index in [9.17, 15) is 14.4 Å². The number of hydrogen-bond donors (Lipinski definition) is 1. The molecule has 2 aliphatic rings. The first-order valence-corrected chi connectivity index (χ1v) is 10.0. The third-order valence-electron chi connectivity index (χ3n) is 5.35. The molecule has 2 fully saturated rings. The van der Waals surface area contributed by atoms with E-state index in [1.807, 2.05) is 11.8 Å². The second kappa shape index (κ2) is 9.08. The van der Waals surface area contributed by atoms with Gasteiger partial charge in [-0.2, -0.15) is 0 Å². The Labute approximate surface area is 165 Å². The minimum atomic E-state index is -0.935. The van der Waals surface area contributed by atoms with E-state index < -0.39 is 23.9 Å². The Morgan fingerprint density at radius 3 is 2.54 bits per heavy atom. The molecule has 1 aliphatic carbocycles. The Morgan fingerprint density at radius 1 is 1.21 bits per heavy atom. The van der Waals surface area contributed by atoms with E-state index in [4.69, 9.17) is 9.47 Å². The summed E-state index contributed by atoms with van der Waals surface area (Å²) in [7, 11) is 0. The summed E-state index contributed by atoms with van der Waals surface area (Å²) in [6.45, 7) is 4.40. The molecular formula is C21H28N2O5. The number of rotatable bonds is 7. The lowest BCUT2D eigenvalue weighted by Gasteiger charge is -2.24. The van der Waals surface area contributed by atoms with E-state index >= 15 is 0 Å². The first-order valence-electron chi connectivity index (χ1n) is 10.0. The average molecular weight is 388 g/mol. The Morgan fingerprint density at radius 2 is 1.89 bits per heavy atom. The largest absolute Gasteiger partial charge is 0.494 e. The van der Waals surface area contributed by atoms with Crippen molar-refractivity contribution in [2.45, 2.75) is 58.1 Å². The zero-order valence-electron chi connectivity index (χ0n) is 16.5. The summed E-state index contributed by atoms with van der Waals surface area (Å²) >= 11 is 0. The molecule has 3 rings (SSSR count). The van der Waals surface area contributed by atoms with Crippen molar-refractivity contribution in [2.75, 3.05) is 18.5 Å². The fraction of sp³-hybridized carbons (Fsp3) is 0.571. The molecule has 1 N–H and O–H groups in total. The molecule has 7 heteroatoms. The monoisotopic (exact) mass is 388 g/mol. The van der Waals surface area contributed by atoms with Crippen LogP contribution >= 0.6 is 0 Å². The Bertz CT molecular complexity index is 712. The molecule has 152 valence electrons. The van der Waals surface area contributed by atoms with E-state index in [0.29, 0.717) is 18.8 Å². The molecule has 1 aromatic carbocycles. The van der Waals surface area contributed by atoms with Gasteiger partial charge >= 0.3 is 5.97 Å². The van der Waals surface area contributed by atoms with Gasteiger partial charge in [-0.3, -0.25) is 14.4 Å². The van der Waals surface area contributed by atoms with Crippen molar-refractivity contribution < 1.29 is 23.9 Å². The van der Waals surface area contributed by atoms with Crippen LogP contribution in [0, 0.1) is 5.92 Å². The number of carbonyl (C=O) groups is 3. The van der Waals surface area contributed by atoms with E-state index in [-0.39, 0.29) is 18.4 Å². The summed E-state index contributed by atoms with van der Waals surface area (Å²) in [5.41, 5.74) is 0.597. The highest BCUT2D eigenvalue weighted by Gasteiger charge is 2.40. The van der Waals surface area contributed by atoms with Crippen molar-refractivity contribution in [3.63, 3.8) is 0 Å². The summed E-state index contributed by atoms with van der Waals surface area (Å²) in [5.74, 6) is -0.649. The molecule has 1 saturated heterocycles. The summed E-state index contributed by atoms with van der Waals surface area (Å²) in [6, 6.07) is 7.24. The smallest absolute Gasteiger partial charge is 0.312 e.